The number of aromatic nitrogens is 2. The average Bonchev–Trinajstić information content (AvgIpc) is 3.20. The Bertz CT molecular complexity index is 1250. The third kappa shape index (κ3) is 3.90. The summed E-state index contributed by atoms with van der Waals surface area (Å²) in [6, 6.07) is 11.5. The van der Waals surface area contributed by atoms with Crippen molar-refractivity contribution in [2.45, 2.75) is 13.3 Å². The van der Waals surface area contributed by atoms with Gasteiger partial charge in [-0.25, -0.2) is 0 Å². The molecule has 3 aromatic rings. The van der Waals surface area contributed by atoms with E-state index in [0.717, 1.165) is 12.5 Å². The molecule has 0 saturated heterocycles. The van der Waals surface area contributed by atoms with E-state index in [1.54, 1.807) is 42.5 Å². The lowest BCUT2D eigenvalue weighted by Crippen LogP contribution is -2.31. The van der Waals surface area contributed by atoms with Gasteiger partial charge in [0.05, 0.1) is 17.0 Å². The SMILES string of the molecule is CC(=O)C(=O)Nc1cccc(-n2cc(-c3ccc4c(c3)CCNC4=O)c([N+](=O)[O-])n2)c1. The third-order valence-electron chi connectivity index (χ3n) is 4.90. The summed E-state index contributed by atoms with van der Waals surface area (Å²) in [7, 11) is 0. The number of nitro groups is 1. The standard InChI is InChI=1S/C21H17N5O5/c1-12(27)20(28)23-15-3-2-4-16(10-15)25-11-18(19(24-25)26(30)31)13-5-6-17-14(9-13)7-8-22-21(17)29/h2-6,9-11H,7-8H2,1H3,(H,22,29)(H,23,28). The number of carbonyl (C=O) groups is 3. The van der Waals surface area contributed by atoms with Crippen molar-refractivity contribution >= 4 is 29.1 Å². The van der Waals surface area contributed by atoms with Gasteiger partial charge in [0.1, 0.15) is 5.56 Å². The number of Topliss-reactive ketones (excluding diaryl/α,β-unsaturated/α-hetero) is 1. The van der Waals surface area contributed by atoms with Crippen molar-refractivity contribution in [3.8, 4) is 16.8 Å². The Hall–Kier alpha value is -4.34. The summed E-state index contributed by atoms with van der Waals surface area (Å²) in [6.45, 7) is 1.67. The van der Waals surface area contributed by atoms with Crippen LogP contribution < -0.4 is 10.6 Å². The highest BCUT2D eigenvalue weighted by molar-refractivity contribution is 6.39. The molecule has 1 aromatic heterocycles. The highest BCUT2D eigenvalue weighted by Crippen LogP contribution is 2.32. The molecule has 0 radical (unpaired) electrons. The van der Waals surface area contributed by atoms with Crippen LogP contribution in [0.4, 0.5) is 11.5 Å². The maximum absolute atomic E-state index is 12.0. The third-order valence-corrected chi connectivity index (χ3v) is 4.90. The fourth-order valence-electron chi connectivity index (χ4n) is 3.38. The fraction of sp³-hybridized carbons (Fsp3) is 0.143. The number of nitrogens with zero attached hydrogens (tertiary/aromatic N) is 3. The van der Waals surface area contributed by atoms with Crippen LogP contribution in [0.5, 0.6) is 0 Å². The number of fused-ring (bicyclic) bond motifs is 1. The number of anilines is 1. The molecule has 0 atom stereocenters. The maximum Gasteiger partial charge on any atom is 0.398 e. The molecule has 0 bridgehead atoms. The molecule has 2 aromatic carbocycles. The molecule has 10 heteroatoms. The minimum absolute atomic E-state index is 0.164. The topological polar surface area (TPSA) is 136 Å². The van der Waals surface area contributed by atoms with E-state index in [1.807, 2.05) is 0 Å². The molecule has 2 heterocycles. The first-order valence-electron chi connectivity index (χ1n) is 9.41. The lowest BCUT2D eigenvalue weighted by molar-refractivity contribution is -0.389. The molecule has 0 fully saturated rings. The predicted molar refractivity (Wildman–Crippen MR) is 111 cm³/mol. The summed E-state index contributed by atoms with van der Waals surface area (Å²) in [6.07, 6.45) is 2.16. The van der Waals surface area contributed by atoms with Gasteiger partial charge in [-0.15, -0.1) is 4.68 Å². The zero-order valence-corrected chi connectivity index (χ0v) is 16.4. The van der Waals surface area contributed by atoms with Crippen molar-refractivity contribution in [3.63, 3.8) is 0 Å². The van der Waals surface area contributed by atoms with E-state index in [1.165, 1.54) is 10.9 Å². The van der Waals surface area contributed by atoms with Crippen LogP contribution in [0.25, 0.3) is 16.8 Å². The molecule has 0 saturated carbocycles. The Morgan fingerprint density at radius 1 is 1.19 bits per heavy atom. The Morgan fingerprint density at radius 2 is 2.00 bits per heavy atom. The van der Waals surface area contributed by atoms with E-state index in [4.69, 9.17) is 0 Å². The molecule has 0 unspecified atom stereocenters. The second-order valence-electron chi connectivity index (χ2n) is 7.01. The smallest absolute Gasteiger partial charge is 0.358 e. The first kappa shape index (κ1) is 20.0. The first-order chi connectivity index (χ1) is 14.8. The number of benzene rings is 2. The van der Waals surface area contributed by atoms with Gasteiger partial charge in [-0.05, 0) is 52.8 Å². The Balaban J connectivity index is 1.74. The number of nitrogens with one attached hydrogen (secondary N) is 2. The number of hydrogen-bond donors (Lipinski definition) is 2. The van der Waals surface area contributed by atoms with Crippen LogP contribution in [0.3, 0.4) is 0 Å². The largest absolute Gasteiger partial charge is 0.398 e. The molecule has 4 rings (SSSR count). The molecule has 10 nitrogen and oxygen atoms in total. The number of ketones is 1. The second kappa shape index (κ2) is 7.82. The van der Waals surface area contributed by atoms with Gasteiger partial charge in [0.25, 0.3) is 11.8 Å². The molecule has 0 aliphatic carbocycles. The Morgan fingerprint density at radius 3 is 2.74 bits per heavy atom. The molecule has 1 aliphatic rings. The van der Waals surface area contributed by atoms with Crippen molar-refractivity contribution < 1.29 is 19.3 Å². The van der Waals surface area contributed by atoms with Crippen molar-refractivity contribution in [1.82, 2.24) is 15.1 Å². The lowest BCUT2D eigenvalue weighted by atomic mass is 9.96. The minimum Gasteiger partial charge on any atom is -0.358 e. The fourth-order valence-corrected chi connectivity index (χ4v) is 3.38. The zero-order valence-electron chi connectivity index (χ0n) is 16.4. The Labute approximate surface area is 176 Å². The molecule has 2 N–H and O–H groups in total. The van der Waals surface area contributed by atoms with Crippen LogP contribution in [0.1, 0.15) is 22.8 Å². The molecule has 1 aliphatic heterocycles. The van der Waals surface area contributed by atoms with Gasteiger partial charge < -0.3 is 20.7 Å². The van der Waals surface area contributed by atoms with Gasteiger partial charge in [-0.3, -0.25) is 14.4 Å². The van der Waals surface area contributed by atoms with Crippen LogP contribution in [0.15, 0.2) is 48.7 Å². The van der Waals surface area contributed by atoms with Crippen LogP contribution in [0.2, 0.25) is 0 Å². The summed E-state index contributed by atoms with van der Waals surface area (Å²) < 4.78 is 1.34. The highest BCUT2D eigenvalue weighted by Gasteiger charge is 2.25. The van der Waals surface area contributed by atoms with Crippen LogP contribution in [0, 0.1) is 10.1 Å². The van der Waals surface area contributed by atoms with Gasteiger partial charge >= 0.3 is 5.82 Å². The Kier molecular flexibility index (Phi) is 5.04. The monoisotopic (exact) mass is 419 g/mol. The van der Waals surface area contributed by atoms with Crippen molar-refractivity contribution in [3.05, 3.63) is 69.9 Å². The first-order valence-corrected chi connectivity index (χ1v) is 9.41. The van der Waals surface area contributed by atoms with E-state index >= 15 is 0 Å². The average molecular weight is 419 g/mol. The molecule has 31 heavy (non-hydrogen) atoms. The van der Waals surface area contributed by atoms with E-state index < -0.39 is 16.6 Å². The van der Waals surface area contributed by atoms with E-state index in [9.17, 15) is 24.5 Å². The van der Waals surface area contributed by atoms with Gasteiger partial charge in [0, 0.05) is 24.7 Å². The highest BCUT2D eigenvalue weighted by atomic mass is 16.6. The summed E-state index contributed by atoms with van der Waals surface area (Å²) in [5.41, 5.74) is 3.07. The maximum atomic E-state index is 12.0. The zero-order chi connectivity index (χ0) is 22.1. The van der Waals surface area contributed by atoms with Crippen LogP contribution >= 0.6 is 0 Å². The number of carbonyl (C=O) groups excluding carboxylic acids is 3. The number of hydrogen-bond acceptors (Lipinski definition) is 6. The summed E-state index contributed by atoms with van der Waals surface area (Å²) in [4.78, 5) is 45.8. The normalized spacial score (nSPS) is 12.6. The van der Waals surface area contributed by atoms with Crippen LogP contribution in [-0.2, 0) is 16.0 Å². The molecular weight excluding hydrogens is 402 g/mol. The summed E-state index contributed by atoms with van der Waals surface area (Å²) in [5.74, 6) is -1.90. The summed E-state index contributed by atoms with van der Waals surface area (Å²) in [5, 5.41) is 21.0. The molecular formula is C21H17N5O5. The number of amides is 2. The molecule has 0 spiro atoms. The van der Waals surface area contributed by atoms with E-state index in [-0.39, 0.29) is 11.7 Å². The summed E-state index contributed by atoms with van der Waals surface area (Å²) >= 11 is 0. The van der Waals surface area contributed by atoms with Crippen molar-refractivity contribution in [2.24, 2.45) is 0 Å². The second-order valence-corrected chi connectivity index (χ2v) is 7.01. The van der Waals surface area contributed by atoms with Gasteiger partial charge in [-0.2, -0.15) is 0 Å². The van der Waals surface area contributed by atoms with Crippen molar-refractivity contribution in [2.75, 3.05) is 11.9 Å². The van der Waals surface area contributed by atoms with Gasteiger partial charge in [0.2, 0.25) is 5.78 Å². The number of rotatable bonds is 5. The molecule has 156 valence electrons. The minimum atomic E-state index is -0.762. The van der Waals surface area contributed by atoms with Crippen molar-refractivity contribution in [1.29, 1.82) is 0 Å². The van der Waals surface area contributed by atoms with E-state index in [0.29, 0.717) is 41.0 Å². The molecule has 2 amide bonds. The lowest BCUT2D eigenvalue weighted by Gasteiger charge is -2.16. The quantitative estimate of drug-likeness (QED) is 0.370. The van der Waals surface area contributed by atoms with Crippen LogP contribution in [-0.4, -0.2) is 38.8 Å². The predicted octanol–water partition coefficient (Wildman–Crippen LogP) is 2.26. The van der Waals surface area contributed by atoms with E-state index in [2.05, 4.69) is 15.7 Å². The van der Waals surface area contributed by atoms with Gasteiger partial charge in [0.15, 0.2) is 0 Å². The van der Waals surface area contributed by atoms with Gasteiger partial charge in [-0.1, -0.05) is 12.1 Å².